The van der Waals surface area contributed by atoms with Crippen LogP contribution in [0.1, 0.15) is 37.0 Å². The Balaban J connectivity index is 2.04. The zero-order chi connectivity index (χ0) is 27.9. The normalized spacial score (nSPS) is 12.0. The molecule has 0 aliphatic rings. The quantitative estimate of drug-likeness (QED) is 0.357. The van der Waals surface area contributed by atoms with Gasteiger partial charge in [-0.15, -0.1) is 0 Å². The van der Waals surface area contributed by atoms with Gasteiger partial charge in [-0.3, -0.25) is 13.9 Å². The second-order valence-electron chi connectivity index (χ2n) is 9.16. The first-order valence-corrected chi connectivity index (χ1v) is 14.3. The van der Waals surface area contributed by atoms with Crippen molar-refractivity contribution in [3.8, 4) is 0 Å². The van der Waals surface area contributed by atoms with Crippen LogP contribution in [0.15, 0.2) is 77.7 Å². The highest BCUT2D eigenvalue weighted by Gasteiger charge is 2.33. The van der Waals surface area contributed by atoms with Crippen LogP contribution < -0.4 is 9.62 Å². The number of aryl methyl sites for hydroxylation is 1. The van der Waals surface area contributed by atoms with Gasteiger partial charge in [0.05, 0.1) is 10.6 Å². The first-order chi connectivity index (χ1) is 18.1. The summed E-state index contributed by atoms with van der Waals surface area (Å²) in [6.45, 7) is 7.42. The zero-order valence-electron chi connectivity index (χ0n) is 22.1. The number of nitrogens with zero attached hydrogens (tertiary/aromatic N) is 2. The number of sulfonamides is 1. The van der Waals surface area contributed by atoms with Gasteiger partial charge in [-0.2, -0.15) is 0 Å². The summed E-state index contributed by atoms with van der Waals surface area (Å²) in [4.78, 5) is 28.3. The Hall–Kier alpha value is -3.36. The number of rotatable bonds is 11. The van der Waals surface area contributed by atoms with Crippen molar-refractivity contribution in [2.24, 2.45) is 0 Å². The van der Waals surface area contributed by atoms with Gasteiger partial charge in [0.1, 0.15) is 12.6 Å². The van der Waals surface area contributed by atoms with Crippen molar-refractivity contribution in [1.29, 1.82) is 0 Å². The average molecular weight is 556 g/mol. The Labute approximate surface area is 230 Å². The van der Waals surface area contributed by atoms with Crippen molar-refractivity contribution >= 4 is 39.1 Å². The molecule has 3 aromatic rings. The molecule has 0 radical (unpaired) electrons. The maximum Gasteiger partial charge on any atom is 0.264 e. The molecule has 0 saturated heterocycles. The number of amides is 2. The Kier molecular flexibility index (Phi) is 9.94. The van der Waals surface area contributed by atoms with E-state index in [0.29, 0.717) is 17.3 Å². The van der Waals surface area contributed by atoms with E-state index in [4.69, 9.17) is 11.6 Å². The molecule has 1 atom stereocenters. The summed E-state index contributed by atoms with van der Waals surface area (Å²) < 4.78 is 28.9. The maximum atomic E-state index is 13.9. The Bertz CT molecular complexity index is 1360. The second-order valence-corrected chi connectivity index (χ2v) is 11.5. The van der Waals surface area contributed by atoms with Gasteiger partial charge in [0.15, 0.2) is 0 Å². The fourth-order valence-corrected chi connectivity index (χ4v) is 5.62. The van der Waals surface area contributed by atoms with Gasteiger partial charge in [0.25, 0.3) is 10.0 Å². The number of carbonyl (C=O) groups is 2. The summed E-state index contributed by atoms with van der Waals surface area (Å²) in [6.07, 6.45) is 0.749. The highest BCUT2D eigenvalue weighted by Crippen LogP contribution is 2.29. The van der Waals surface area contributed by atoms with Crippen molar-refractivity contribution in [2.75, 3.05) is 17.4 Å². The summed E-state index contributed by atoms with van der Waals surface area (Å²) in [5, 5.41) is 3.39. The average Bonchev–Trinajstić information content (AvgIpc) is 2.91. The molecule has 9 heteroatoms. The molecule has 1 unspecified atom stereocenters. The number of hydrogen-bond acceptors (Lipinski definition) is 4. The molecule has 0 aromatic heterocycles. The standard InChI is InChI=1S/C29H34ClN3O4S/c1-5-18-31-29(35)23(4)32(19-24-14-16-25(30)17-15-24)28(34)20-33(27-13-9-10-21(2)22(27)3)38(36,37)26-11-7-6-8-12-26/h6-17,23H,5,18-20H2,1-4H3,(H,31,35). The fraction of sp³-hybridized carbons (Fsp3) is 0.310. The van der Waals surface area contributed by atoms with Gasteiger partial charge in [0, 0.05) is 18.1 Å². The molecule has 38 heavy (non-hydrogen) atoms. The molecule has 0 spiro atoms. The van der Waals surface area contributed by atoms with Crippen LogP contribution in [-0.2, 0) is 26.2 Å². The Morgan fingerprint density at radius 3 is 2.24 bits per heavy atom. The lowest BCUT2D eigenvalue weighted by molar-refractivity contribution is -0.139. The molecule has 0 bridgehead atoms. The lowest BCUT2D eigenvalue weighted by Crippen LogP contribution is -2.51. The molecule has 0 saturated carbocycles. The summed E-state index contributed by atoms with van der Waals surface area (Å²) in [5.74, 6) is -0.808. The maximum absolute atomic E-state index is 13.9. The smallest absolute Gasteiger partial charge is 0.264 e. The molecule has 0 fully saturated rings. The number of benzene rings is 3. The van der Waals surface area contributed by atoms with Crippen molar-refractivity contribution in [2.45, 2.75) is 51.6 Å². The fourth-order valence-electron chi connectivity index (χ4n) is 4.00. The molecule has 0 aliphatic carbocycles. The van der Waals surface area contributed by atoms with Crippen LogP contribution in [0, 0.1) is 13.8 Å². The van der Waals surface area contributed by atoms with E-state index in [1.165, 1.54) is 17.0 Å². The van der Waals surface area contributed by atoms with Crippen LogP contribution in [0.25, 0.3) is 0 Å². The largest absolute Gasteiger partial charge is 0.354 e. The van der Waals surface area contributed by atoms with Crippen LogP contribution in [0.3, 0.4) is 0 Å². The van der Waals surface area contributed by atoms with Crippen LogP contribution in [-0.4, -0.2) is 44.3 Å². The predicted octanol–water partition coefficient (Wildman–Crippen LogP) is 5.10. The first-order valence-electron chi connectivity index (χ1n) is 12.5. The van der Waals surface area contributed by atoms with Crippen molar-refractivity contribution in [1.82, 2.24) is 10.2 Å². The molecule has 1 N–H and O–H groups in total. The third-order valence-corrected chi connectivity index (χ3v) is 8.46. The van der Waals surface area contributed by atoms with Gasteiger partial charge >= 0.3 is 0 Å². The molecule has 202 valence electrons. The number of anilines is 1. The van der Waals surface area contributed by atoms with E-state index in [0.717, 1.165) is 27.4 Å². The lowest BCUT2D eigenvalue weighted by Gasteiger charge is -2.32. The SMILES string of the molecule is CCCNC(=O)C(C)N(Cc1ccc(Cl)cc1)C(=O)CN(c1cccc(C)c1C)S(=O)(=O)c1ccccc1. The van der Waals surface area contributed by atoms with E-state index < -0.39 is 28.5 Å². The summed E-state index contributed by atoms with van der Waals surface area (Å²) in [6, 6.07) is 19.5. The monoisotopic (exact) mass is 555 g/mol. The van der Waals surface area contributed by atoms with E-state index in [9.17, 15) is 18.0 Å². The van der Waals surface area contributed by atoms with Gasteiger partial charge in [-0.1, -0.05) is 61.0 Å². The lowest BCUT2D eigenvalue weighted by atomic mass is 10.1. The predicted molar refractivity (Wildman–Crippen MR) is 152 cm³/mol. The van der Waals surface area contributed by atoms with Crippen molar-refractivity contribution in [3.05, 3.63) is 94.5 Å². The Morgan fingerprint density at radius 1 is 0.947 bits per heavy atom. The summed E-state index contributed by atoms with van der Waals surface area (Å²) in [5.41, 5.74) is 2.82. The van der Waals surface area contributed by atoms with E-state index in [-0.39, 0.29) is 17.3 Å². The number of carbonyl (C=O) groups excluding carboxylic acids is 2. The highest BCUT2D eigenvalue weighted by atomic mass is 35.5. The van der Waals surface area contributed by atoms with Gasteiger partial charge in [-0.05, 0) is 74.2 Å². The minimum absolute atomic E-state index is 0.0756. The van der Waals surface area contributed by atoms with Crippen LogP contribution in [0.5, 0.6) is 0 Å². The molecule has 0 heterocycles. The number of halogens is 1. The van der Waals surface area contributed by atoms with E-state index >= 15 is 0 Å². The van der Waals surface area contributed by atoms with Crippen LogP contribution in [0.4, 0.5) is 5.69 Å². The molecule has 3 rings (SSSR count). The van der Waals surface area contributed by atoms with E-state index in [2.05, 4.69) is 5.32 Å². The molecule has 2 amide bonds. The van der Waals surface area contributed by atoms with Gasteiger partial charge in [-0.25, -0.2) is 8.42 Å². The number of nitrogens with one attached hydrogen (secondary N) is 1. The molecule has 0 aliphatic heterocycles. The topological polar surface area (TPSA) is 86.8 Å². The molecular weight excluding hydrogens is 522 g/mol. The molecule has 7 nitrogen and oxygen atoms in total. The summed E-state index contributed by atoms with van der Waals surface area (Å²) >= 11 is 6.04. The Morgan fingerprint density at radius 2 is 1.61 bits per heavy atom. The minimum Gasteiger partial charge on any atom is -0.354 e. The molecule has 3 aromatic carbocycles. The third kappa shape index (κ3) is 6.94. The minimum atomic E-state index is -4.09. The first kappa shape index (κ1) is 29.2. The number of hydrogen-bond donors (Lipinski definition) is 1. The molecular formula is C29H34ClN3O4S. The van der Waals surface area contributed by atoms with Gasteiger partial charge < -0.3 is 10.2 Å². The van der Waals surface area contributed by atoms with Crippen molar-refractivity contribution < 1.29 is 18.0 Å². The summed E-state index contributed by atoms with van der Waals surface area (Å²) in [7, 11) is -4.09. The third-order valence-electron chi connectivity index (χ3n) is 6.44. The van der Waals surface area contributed by atoms with Crippen molar-refractivity contribution in [3.63, 3.8) is 0 Å². The van der Waals surface area contributed by atoms with Gasteiger partial charge in [0.2, 0.25) is 11.8 Å². The second kappa shape index (κ2) is 12.9. The van der Waals surface area contributed by atoms with Crippen LogP contribution >= 0.6 is 11.6 Å². The van der Waals surface area contributed by atoms with E-state index in [1.54, 1.807) is 61.5 Å². The van der Waals surface area contributed by atoms with Crippen LogP contribution in [0.2, 0.25) is 5.02 Å². The zero-order valence-corrected chi connectivity index (χ0v) is 23.7. The highest BCUT2D eigenvalue weighted by molar-refractivity contribution is 7.92. The van der Waals surface area contributed by atoms with E-state index in [1.807, 2.05) is 26.8 Å².